The quantitative estimate of drug-likeness (QED) is 0.773. The molecule has 0 aliphatic heterocycles. The number of nitrogens with one attached hydrogen (secondary N) is 1. The van der Waals surface area contributed by atoms with Crippen LogP contribution in [-0.2, 0) is 13.6 Å². The fourth-order valence-corrected chi connectivity index (χ4v) is 2.06. The van der Waals surface area contributed by atoms with Gasteiger partial charge in [0.05, 0.1) is 11.4 Å². The number of aromatic nitrogens is 6. The number of tetrazole rings is 1. The molecule has 2 aromatic heterocycles. The second-order valence-corrected chi connectivity index (χ2v) is 4.57. The Hall–Kier alpha value is -2.70. The zero-order valence-corrected chi connectivity index (χ0v) is 11.4. The van der Waals surface area contributed by atoms with E-state index in [0.29, 0.717) is 0 Å². The first-order chi connectivity index (χ1) is 9.72. The summed E-state index contributed by atoms with van der Waals surface area (Å²) in [5.74, 6) is 0. The van der Waals surface area contributed by atoms with Crippen molar-refractivity contribution < 1.29 is 0 Å². The highest BCUT2D eigenvalue weighted by Gasteiger charge is 2.04. The molecule has 7 nitrogen and oxygen atoms in total. The first-order valence-electron chi connectivity index (χ1n) is 6.29. The Morgan fingerprint density at radius 2 is 2.20 bits per heavy atom. The average molecular weight is 269 g/mol. The molecule has 2 heterocycles. The first kappa shape index (κ1) is 12.3. The minimum absolute atomic E-state index is 0.735. The number of aryl methyl sites for hydroxylation is 2. The lowest BCUT2D eigenvalue weighted by Crippen LogP contribution is -2.01. The van der Waals surface area contributed by atoms with Crippen molar-refractivity contribution in [3.8, 4) is 5.69 Å². The maximum absolute atomic E-state index is 4.33. The van der Waals surface area contributed by atoms with Gasteiger partial charge in [-0.3, -0.25) is 4.68 Å². The molecule has 3 aromatic rings. The van der Waals surface area contributed by atoms with Crippen LogP contribution in [0.25, 0.3) is 5.69 Å². The van der Waals surface area contributed by atoms with Gasteiger partial charge in [0.25, 0.3) is 0 Å². The van der Waals surface area contributed by atoms with Crippen LogP contribution in [0.2, 0.25) is 0 Å². The van der Waals surface area contributed by atoms with Gasteiger partial charge in [-0.25, -0.2) is 4.68 Å². The number of hydrogen-bond donors (Lipinski definition) is 1. The van der Waals surface area contributed by atoms with Crippen molar-refractivity contribution in [1.82, 2.24) is 30.0 Å². The highest BCUT2D eigenvalue weighted by molar-refractivity contribution is 5.51. The van der Waals surface area contributed by atoms with E-state index in [0.717, 1.165) is 23.6 Å². The van der Waals surface area contributed by atoms with Gasteiger partial charge < -0.3 is 5.32 Å². The Morgan fingerprint density at radius 1 is 1.30 bits per heavy atom. The van der Waals surface area contributed by atoms with E-state index in [1.165, 1.54) is 5.56 Å². The average Bonchev–Trinajstić information content (AvgIpc) is 3.07. The van der Waals surface area contributed by atoms with E-state index in [4.69, 9.17) is 0 Å². The molecule has 0 fully saturated rings. The zero-order valence-electron chi connectivity index (χ0n) is 11.4. The lowest BCUT2D eigenvalue weighted by molar-refractivity contribution is 0.756. The van der Waals surface area contributed by atoms with Gasteiger partial charge in [0, 0.05) is 31.0 Å². The monoisotopic (exact) mass is 269 g/mol. The molecule has 102 valence electrons. The smallest absolute Gasteiger partial charge is 0.143 e. The van der Waals surface area contributed by atoms with Crippen molar-refractivity contribution in [3.05, 3.63) is 48.0 Å². The summed E-state index contributed by atoms with van der Waals surface area (Å²) in [6, 6.07) is 7.94. The lowest BCUT2D eigenvalue weighted by Gasteiger charge is -2.07. The van der Waals surface area contributed by atoms with Crippen molar-refractivity contribution in [3.63, 3.8) is 0 Å². The summed E-state index contributed by atoms with van der Waals surface area (Å²) >= 11 is 0. The number of hydrogen-bond acceptors (Lipinski definition) is 5. The van der Waals surface area contributed by atoms with E-state index >= 15 is 0 Å². The molecule has 0 unspecified atom stereocenters. The van der Waals surface area contributed by atoms with Gasteiger partial charge in [-0.05, 0) is 35.5 Å². The minimum Gasteiger partial charge on any atom is -0.381 e. The summed E-state index contributed by atoms with van der Waals surface area (Å²) in [6.45, 7) is 2.74. The maximum atomic E-state index is 4.33. The molecular formula is C13H15N7. The van der Waals surface area contributed by atoms with Gasteiger partial charge in [0.1, 0.15) is 6.33 Å². The van der Waals surface area contributed by atoms with Crippen molar-refractivity contribution in [2.45, 2.75) is 13.5 Å². The van der Waals surface area contributed by atoms with E-state index in [9.17, 15) is 0 Å². The van der Waals surface area contributed by atoms with Crippen LogP contribution < -0.4 is 5.32 Å². The SMILES string of the molecule is Cc1nn(C)cc1CNc1cccc(-n2cnnn2)c1. The highest BCUT2D eigenvalue weighted by Crippen LogP contribution is 2.15. The Balaban J connectivity index is 1.75. The molecule has 3 rings (SSSR count). The van der Waals surface area contributed by atoms with Crippen LogP contribution in [0.4, 0.5) is 5.69 Å². The van der Waals surface area contributed by atoms with E-state index in [-0.39, 0.29) is 0 Å². The molecule has 1 aromatic carbocycles. The van der Waals surface area contributed by atoms with Crippen LogP contribution in [0.1, 0.15) is 11.3 Å². The molecule has 0 saturated heterocycles. The number of benzene rings is 1. The second-order valence-electron chi connectivity index (χ2n) is 4.57. The van der Waals surface area contributed by atoms with Crippen LogP contribution in [-0.4, -0.2) is 30.0 Å². The van der Waals surface area contributed by atoms with E-state index < -0.39 is 0 Å². The van der Waals surface area contributed by atoms with Crippen molar-refractivity contribution in [2.75, 3.05) is 5.32 Å². The van der Waals surface area contributed by atoms with Crippen molar-refractivity contribution in [2.24, 2.45) is 7.05 Å². The topological polar surface area (TPSA) is 73.5 Å². The van der Waals surface area contributed by atoms with Crippen LogP contribution in [0.3, 0.4) is 0 Å². The standard InChI is InChI=1S/C13H15N7/c1-10-11(8-19(2)16-10)7-14-12-4-3-5-13(6-12)20-9-15-17-18-20/h3-6,8-9,14H,7H2,1-2H3. The molecule has 7 heteroatoms. The molecule has 0 bridgehead atoms. The minimum atomic E-state index is 0.735. The van der Waals surface area contributed by atoms with Gasteiger partial charge in [-0.2, -0.15) is 5.10 Å². The lowest BCUT2D eigenvalue weighted by atomic mass is 10.2. The summed E-state index contributed by atoms with van der Waals surface area (Å²) in [7, 11) is 1.93. The molecule has 0 spiro atoms. The highest BCUT2D eigenvalue weighted by atomic mass is 15.5. The molecule has 0 atom stereocenters. The van der Waals surface area contributed by atoms with Crippen LogP contribution in [0, 0.1) is 6.92 Å². The third-order valence-corrected chi connectivity index (χ3v) is 3.06. The summed E-state index contributed by atoms with van der Waals surface area (Å²) in [6.07, 6.45) is 3.60. The van der Waals surface area contributed by atoms with Crippen molar-refractivity contribution in [1.29, 1.82) is 0 Å². The molecule has 1 N–H and O–H groups in total. The molecule has 0 radical (unpaired) electrons. The van der Waals surface area contributed by atoms with Crippen molar-refractivity contribution >= 4 is 5.69 Å². The predicted molar refractivity (Wildman–Crippen MR) is 74.4 cm³/mol. The van der Waals surface area contributed by atoms with Crippen LogP contribution in [0.5, 0.6) is 0 Å². The molecule has 20 heavy (non-hydrogen) atoms. The summed E-state index contributed by atoms with van der Waals surface area (Å²) in [5, 5.41) is 18.9. The van der Waals surface area contributed by atoms with E-state index in [1.54, 1.807) is 11.0 Å². The maximum Gasteiger partial charge on any atom is 0.143 e. The fourth-order valence-electron chi connectivity index (χ4n) is 2.06. The second kappa shape index (κ2) is 5.12. The molecule has 0 saturated carbocycles. The van der Waals surface area contributed by atoms with Crippen LogP contribution in [0.15, 0.2) is 36.8 Å². The Morgan fingerprint density at radius 3 is 2.90 bits per heavy atom. The third kappa shape index (κ3) is 2.51. The van der Waals surface area contributed by atoms with Gasteiger partial charge in [-0.15, -0.1) is 5.10 Å². The number of nitrogens with zero attached hydrogens (tertiary/aromatic N) is 6. The number of rotatable bonds is 4. The fraction of sp³-hybridized carbons (Fsp3) is 0.231. The number of anilines is 1. The van der Waals surface area contributed by atoms with E-state index in [2.05, 4.69) is 25.9 Å². The summed E-state index contributed by atoms with van der Waals surface area (Å²) in [5.41, 5.74) is 4.15. The summed E-state index contributed by atoms with van der Waals surface area (Å²) < 4.78 is 3.45. The molecular weight excluding hydrogens is 254 g/mol. The van der Waals surface area contributed by atoms with E-state index in [1.807, 2.05) is 49.1 Å². The Labute approximate surface area is 116 Å². The third-order valence-electron chi connectivity index (χ3n) is 3.06. The first-order valence-corrected chi connectivity index (χ1v) is 6.29. The zero-order chi connectivity index (χ0) is 13.9. The summed E-state index contributed by atoms with van der Waals surface area (Å²) in [4.78, 5) is 0. The van der Waals surface area contributed by atoms with Gasteiger partial charge in [-0.1, -0.05) is 6.07 Å². The molecule has 0 aliphatic carbocycles. The largest absolute Gasteiger partial charge is 0.381 e. The van der Waals surface area contributed by atoms with Gasteiger partial charge >= 0.3 is 0 Å². The van der Waals surface area contributed by atoms with Gasteiger partial charge in [0.15, 0.2) is 0 Å². The molecule has 0 amide bonds. The van der Waals surface area contributed by atoms with Crippen LogP contribution >= 0.6 is 0 Å². The Kier molecular flexibility index (Phi) is 3.16. The molecule has 0 aliphatic rings. The Bertz CT molecular complexity index is 699. The predicted octanol–water partition coefficient (Wildman–Crippen LogP) is 1.32. The normalized spacial score (nSPS) is 10.7. The van der Waals surface area contributed by atoms with Gasteiger partial charge in [0.2, 0.25) is 0 Å².